The highest BCUT2D eigenvalue weighted by Crippen LogP contribution is 2.52. The quantitative estimate of drug-likeness (QED) is 0.674. The van der Waals surface area contributed by atoms with Gasteiger partial charge in [0.25, 0.3) is 0 Å². The van der Waals surface area contributed by atoms with Crippen molar-refractivity contribution in [3.8, 4) is 0 Å². The van der Waals surface area contributed by atoms with E-state index < -0.39 is 0 Å². The van der Waals surface area contributed by atoms with E-state index in [1.807, 2.05) is 11.8 Å². The number of hydrogen-bond acceptors (Lipinski definition) is 4. The van der Waals surface area contributed by atoms with Crippen LogP contribution in [0.4, 0.5) is 5.69 Å². The van der Waals surface area contributed by atoms with Gasteiger partial charge in [0, 0.05) is 12.3 Å². The third-order valence-electron chi connectivity index (χ3n) is 4.36. The Morgan fingerprint density at radius 1 is 1.36 bits per heavy atom. The first-order valence-corrected chi connectivity index (χ1v) is 10.3. The molecule has 1 spiro atoms. The molecule has 0 bridgehead atoms. The fourth-order valence-electron chi connectivity index (χ4n) is 2.75. The van der Waals surface area contributed by atoms with Gasteiger partial charge >= 0.3 is 0 Å². The van der Waals surface area contributed by atoms with Crippen LogP contribution in [0, 0.1) is 5.41 Å². The number of hydrogen-bond donors (Lipinski definition) is 0. The molecule has 1 saturated heterocycles. The highest BCUT2D eigenvalue weighted by molar-refractivity contribution is 8.23. The Kier molecular flexibility index (Phi) is 4.86. The third-order valence-corrected chi connectivity index (χ3v) is 6.98. The predicted molar refractivity (Wildman–Crippen MR) is 105 cm³/mol. The number of amidine groups is 1. The summed E-state index contributed by atoms with van der Waals surface area (Å²) in [5, 5.41) is 1.07. The lowest BCUT2D eigenvalue weighted by atomic mass is 10.0. The Labute approximate surface area is 147 Å². The molecular formula is C17H22N2S3. The molecule has 22 heavy (non-hydrogen) atoms. The number of nitrogens with zero attached hydrogens (tertiary/aromatic N) is 2. The van der Waals surface area contributed by atoms with Crippen molar-refractivity contribution in [2.24, 2.45) is 10.4 Å². The molecule has 1 aliphatic heterocycles. The van der Waals surface area contributed by atoms with Gasteiger partial charge in [0.05, 0.1) is 5.69 Å². The van der Waals surface area contributed by atoms with E-state index in [0.29, 0.717) is 11.3 Å². The molecule has 0 atom stereocenters. The summed E-state index contributed by atoms with van der Waals surface area (Å²) in [5.74, 6) is 1.66. The Morgan fingerprint density at radius 2 is 2.09 bits per heavy atom. The van der Waals surface area contributed by atoms with Gasteiger partial charge in [0.2, 0.25) is 0 Å². The summed E-state index contributed by atoms with van der Waals surface area (Å²) >= 11 is 9.10. The number of aliphatic imine (C=N–C) groups is 1. The fraction of sp³-hybridized carbons (Fsp3) is 0.529. The second kappa shape index (κ2) is 6.54. The second-order valence-corrected chi connectivity index (χ2v) is 8.84. The van der Waals surface area contributed by atoms with E-state index >= 15 is 0 Å². The average molecular weight is 351 g/mol. The molecule has 118 valence electrons. The van der Waals surface area contributed by atoms with Crippen LogP contribution < -0.4 is 0 Å². The van der Waals surface area contributed by atoms with E-state index in [1.54, 1.807) is 11.8 Å². The van der Waals surface area contributed by atoms with E-state index in [-0.39, 0.29) is 0 Å². The van der Waals surface area contributed by atoms with Crippen LogP contribution in [0.3, 0.4) is 0 Å². The first-order chi connectivity index (χ1) is 10.5. The predicted octanol–water partition coefficient (Wildman–Crippen LogP) is 5.27. The molecule has 0 aromatic heterocycles. The van der Waals surface area contributed by atoms with E-state index in [9.17, 15) is 0 Å². The molecule has 0 N–H and O–H groups in total. The SMILES string of the molecule is CSC(=S)N1CC2(CC2)CSC1=Nc1ccccc1C(C)C. The van der Waals surface area contributed by atoms with Gasteiger partial charge in [-0.2, -0.15) is 0 Å². The molecule has 2 nitrogen and oxygen atoms in total. The second-order valence-electron chi connectivity index (χ2n) is 6.45. The minimum Gasteiger partial charge on any atom is -0.306 e. The van der Waals surface area contributed by atoms with Gasteiger partial charge in [0.1, 0.15) is 4.32 Å². The fourth-order valence-corrected chi connectivity index (χ4v) is 4.68. The van der Waals surface area contributed by atoms with Crippen molar-refractivity contribution in [1.82, 2.24) is 4.90 Å². The van der Waals surface area contributed by atoms with Gasteiger partial charge in [-0.15, -0.1) is 0 Å². The van der Waals surface area contributed by atoms with Crippen LogP contribution in [0.2, 0.25) is 0 Å². The molecule has 0 radical (unpaired) electrons. The number of para-hydroxylation sites is 1. The van der Waals surface area contributed by atoms with E-state index in [4.69, 9.17) is 17.2 Å². The molecule has 0 unspecified atom stereocenters. The first-order valence-electron chi connectivity index (χ1n) is 7.70. The summed E-state index contributed by atoms with van der Waals surface area (Å²) in [7, 11) is 0. The molecule has 1 heterocycles. The molecule has 1 aromatic rings. The van der Waals surface area contributed by atoms with Crippen LogP contribution in [-0.4, -0.2) is 32.9 Å². The maximum Gasteiger partial charge on any atom is 0.169 e. The molecule has 1 aromatic carbocycles. The van der Waals surface area contributed by atoms with E-state index in [0.717, 1.165) is 21.7 Å². The van der Waals surface area contributed by atoms with Gasteiger partial charge in [-0.25, -0.2) is 4.99 Å². The van der Waals surface area contributed by atoms with Crippen LogP contribution in [0.1, 0.15) is 38.2 Å². The molecule has 1 saturated carbocycles. The lowest BCUT2D eigenvalue weighted by Crippen LogP contribution is -2.42. The summed E-state index contributed by atoms with van der Waals surface area (Å²) in [5.41, 5.74) is 2.89. The Balaban J connectivity index is 1.93. The third kappa shape index (κ3) is 3.36. The summed E-state index contributed by atoms with van der Waals surface area (Å²) in [6, 6.07) is 8.46. The van der Waals surface area contributed by atoms with Crippen LogP contribution in [-0.2, 0) is 0 Å². The summed E-state index contributed by atoms with van der Waals surface area (Å²) < 4.78 is 0.944. The molecule has 2 aliphatic rings. The number of thiocarbonyl (C=S) groups is 1. The zero-order chi connectivity index (χ0) is 15.7. The molecule has 1 aliphatic carbocycles. The zero-order valence-electron chi connectivity index (χ0n) is 13.3. The van der Waals surface area contributed by atoms with Crippen molar-refractivity contribution < 1.29 is 0 Å². The van der Waals surface area contributed by atoms with Crippen molar-refractivity contribution in [2.45, 2.75) is 32.6 Å². The molecule has 5 heteroatoms. The van der Waals surface area contributed by atoms with Gasteiger partial charge in [0.15, 0.2) is 5.17 Å². The van der Waals surface area contributed by atoms with Gasteiger partial charge in [-0.1, -0.05) is 67.8 Å². The first kappa shape index (κ1) is 16.3. The standard InChI is InChI=1S/C17H22N2S3/c1-12(2)13-6-4-5-7-14(13)18-15-19(16(20)21-3)10-17(8-9-17)11-22-15/h4-7,12H,8-11H2,1-3H3. The number of benzene rings is 1. The molecule has 2 fully saturated rings. The minimum absolute atomic E-state index is 0.477. The van der Waals surface area contributed by atoms with Gasteiger partial charge in [-0.3, -0.25) is 0 Å². The largest absolute Gasteiger partial charge is 0.306 e. The van der Waals surface area contributed by atoms with Crippen molar-refractivity contribution >= 4 is 50.9 Å². The maximum atomic E-state index is 5.58. The molecule has 3 rings (SSSR count). The summed E-state index contributed by atoms with van der Waals surface area (Å²) in [6.07, 6.45) is 4.73. The van der Waals surface area contributed by atoms with Crippen LogP contribution in [0.15, 0.2) is 29.3 Å². The average Bonchev–Trinajstić information content (AvgIpc) is 3.28. The van der Waals surface area contributed by atoms with Crippen LogP contribution >= 0.6 is 35.7 Å². The van der Waals surface area contributed by atoms with Crippen molar-refractivity contribution in [3.05, 3.63) is 29.8 Å². The lowest BCUT2D eigenvalue weighted by Gasteiger charge is -2.34. The Morgan fingerprint density at radius 3 is 2.73 bits per heavy atom. The highest BCUT2D eigenvalue weighted by atomic mass is 32.2. The van der Waals surface area contributed by atoms with Crippen LogP contribution in [0.5, 0.6) is 0 Å². The van der Waals surface area contributed by atoms with E-state index in [1.165, 1.54) is 24.2 Å². The van der Waals surface area contributed by atoms with Crippen molar-refractivity contribution in [1.29, 1.82) is 0 Å². The van der Waals surface area contributed by atoms with E-state index in [2.05, 4.69) is 49.3 Å². The topological polar surface area (TPSA) is 15.6 Å². The number of thioether (sulfide) groups is 2. The highest BCUT2D eigenvalue weighted by Gasteiger charge is 2.48. The maximum absolute atomic E-state index is 5.58. The van der Waals surface area contributed by atoms with Gasteiger partial charge < -0.3 is 4.90 Å². The number of rotatable bonds is 2. The summed E-state index contributed by atoms with van der Waals surface area (Å²) in [6.45, 7) is 5.48. The Bertz CT molecular complexity index is 606. The monoisotopic (exact) mass is 350 g/mol. The van der Waals surface area contributed by atoms with Crippen molar-refractivity contribution in [2.75, 3.05) is 18.6 Å². The summed E-state index contributed by atoms with van der Waals surface area (Å²) in [4.78, 5) is 7.25. The van der Waals surface area contributed by atoms with Crippen molar-refractivity contribution in [3.63, 3.8) is 0 Å². The molecular weight excluding hydrogens is 328 g/mol. The molecule has 0 amide bonds. The Hall–Kier alpha value is -0.520. The minimum atomic E-state index is 0.477. The normalized spacial score (nSPS) is 21.6. The lowest BCUT2D eigenvalue weighted by molar-refractivity contribution is 0.454. The van der Waals surface area contributed by atoms with Crippen LogP contribution in [0.25, 0.3) is 0 Å². The zero-order valence-corrected chi connectivity index (χ0v) is 15.8. The smallest absolute Gasteiger partial charge is 0.169 e. The van der Waals surface area contributed by atoms with Gasteiger partial charge in [-0.05, 0) is 42.1 Å².